The van der Waals surface area contributed by atoms with Gasteiger partial charge in [-0.3, -0.25) is 4.79 Å². The molecule has 0 aliphatic rings. The number of rotatable bonds is 7. The first-order valence-electron chi connectivity index (χ1n) is 6.84. The van der Waals surface area contributed by atoms with Crippen LogP contribution in [0.5, 0.6) is 0 Å². The molecule has 0 saturated carbocycles. The molecule has 0 aliphatic carbocycles. The van der Waals surface area contributed by atoms with Gasteiger partial charge in [0.15, 0.2) is 0 Å². The van der Waals surface area contributed by atoms with Gasteiger partial charge in [-0.1, -0.05) is 31.5 Å². The monoisotopic (exact) mass is 278 g/mol. The minimum atomic E-state index is -0.771. The fourth-order valence-electron chi connectivity index (χ4n) is 1.84. The van der Waals surface area contributed by atoms with Gasteiger partial charge in [0.1, 0.15) is 0 Å². The van der Waals surface area contributed by atoms with E-state index < -0.39 is 5.97 Å². The van der Waals surface area contributed by atoms with Crippen LogP contribution in [0.3, 0.4) is 0 Å². The Labute approximate surface area is 119 Å². The number of amides is 2. The molecule has 0 aromatic heterocycles. The fraction of sp³-hybridized carbons (Fsp3) is 0.467. The zero-order valence-corrected chi connectivity index (χ0v) is 11.9. The van der Waals surface area contributed by atoms with Crippen LogP contribution < -0.4 is 10.6 Å². The first-order valence-corrected chi connectivity index (χ1v) is 6.84. The molecule has 110 valence electrons. The number of aliphatic carboxylic acids is 1. The van der Waals surface area contributed by atoms with Gasteiger partial charge in [-0.05, 0) is 31.9 Å². The second kappa shape index (κ2) is 8.19. The van der Waals surface area contributed by atoms with E-state index in [4.69, 9.17) is 5.11 Å². The van der Waals surface area contributed by atoms with Crippen molar-refractivity contribution in [2.24, 2.45) is 5.92 Å². The maximum Gasteiger partial charge on any atom is 0.319 e. The summed E-state index contributed by atoms with van der Waals surface area (Å²) in [7, 11) is 0. The standard InChI is InChI=1S/C15H22N2O3/c1-11(14(18)19)7-6-8-12(2)16-15(20)17-13-9-4-3-5-10-13/h3-5,9-12H,6-8H2,1-2H3,(H,18,19)(H2,16,17,20). The molecule has 0 aliphatic heterocycles. The first kappa shape index (κ1) is 16.0. The summed E-state index contributed by atoms with van der Waals surface area (Å²) >= 11 is 0. The number of carbonyl (C=O) groups is 2. The van der Waals surface area contributed by atoms with E-state index in [1.165, 1.54) is 0 Å². The highest BCUT2D eigenvalue weighted by Crippen LogP contribution is 2.10. The number of carboxylic acids is 1. The molecule has 1 aromatic rings. The summed E-state index contributed by atoms with van der Waals surface area (Å²) in [6, 6.07) is 9.00. The van der Waals surface area contributed by atoms with E-state index in [9.17, 15) is 9.59 Å². The molecule has 0 bridgehead atoms. The lowest BCUT2D eigenvalue weighted by Gasteiger charge is -2.15. The number of urea groups is 1. The minimum Gasteiger partial charge on any atom is -0.481 e. The predicted octanol–water partition coefficient (Wildman–Crippen LogP) is 3.09. The van der Waals surface area contributed by atoms with Gasteiger partial charge in [0, 0.05) is 11.7 Å². The van der Waals surface area contributed by atoms with Gasteiger partial charge >= 0.3 is 12.0 Å². The smallest absolute Gasteiger partial charge is 0.319 e. The van der Waals surface area contributed by atoms with Crippen LogP contribution in [0.2, 0.25) is 0 Å². The Hall–Kier alpha value is -2.04. The average molecular weight is 278 g/mol. The van der Waals surface area contributed by atoms with Crippen molar-refractivity contribution in [3.05, 3.63) is 30.3 Å². The predicted molar refractivity (Wildman–Crippen MR) is 78.7 cm³/mol. The highest BCUT2D eigenvalue weighted by Gasteiger charge is 2.12. The van der Waals surface area contributed by atoms with E-state index in [-0.39, 0.29) is 18.0 Å². The molecule has 0 radical (unpaired) electrons. The molecule has 5 nitrogen and oxygen atoms in total. The second-order valence-electron chi connectivity index (χ2n) is 5.04. The van der Waals surface area contributed by atoms with Crippen LogP contribution in [0.25, 0.3) is 0 Å². The molecule has 20 heavy (non-hydrogen) atoms. The number of hydrogen-bond acceptors (Lipinski definition) is 2. The largest absolute Gasteiger partial charge is 0.481 e. The number of nitrogens with one attached hydrogen (secondary N) is 2. The zero-order chi connectivity index (χ0) is 15.0. The molecular weight excluding hydrogens is 256 g/mol. The van der Waals surface area contributed by atoms with Gasteiger partial charge in [0.25, 0.3) is 0 Å². The Morgan fingerprint density at radius 3 is 2.40 bits per heavy atom. The van der Waals surface area contributed by atoms with E-state index in [2.05, 4.69) is 10.6 Å². The Kier molecular flexibility index (Phi) is 6.56. The molecule has 0 saturated heterocycles. The van der Waals surface area contributed by atoms with Crippen molar-refractivity contribution in [2.45, 2.75) is 39.2 Å². The van der Waals surface area contributed by atoms with Gasteiger partial charge in [-0.25, -0.2) is 4.79 Å². The third-order valence-electron chi connectivity index (χ3n) is 3.10. The molecule has 0 spiro atoms. The molecule has 2 unspecified atom stereocenters. The third-order valence-corrected chi connectivity index (χ3v) is 3.10. The Morgan fingerprint density at radius 2 is 1.80 bits per heavy atom. The number of carbonyl (C=O) groups excluding carboxylic acids is 1. The summed E-state index contributed by atoms with van der Waals surface area (Å²) in [5.74, 6) is -1.10. The van der Waals surface area contributed by atoms with Crippen LogP contribution in [0.15, 0.2) is 30.3 Å². The summed E-state index contributed by atoms with van der Waals surface area (Å²) < 4.78 is 0. The van der Waals surface area contributed by atoms with E-state index in [0.29, 0.717) is 6.42 Å². The number of hydrogen-bond donors (Lipinski definition) is 3. The molecule has 3 N–H and O–H groups in total. The van der Waals surface area contributed by atoms with Crippen molar-refractivity contribution in [3.63, 3.8) is 0 Å². The van der Waals surface area contributed by atoms with E-state index >= 15 is 0 Å². The quantitative estimate of drug-likeness (QED) is 0.717. The van der Waals surface area contributed by atoms with Gasteiger partial charge in [-0.15, -0.1) is 0 Å². The fourth-order valence-corrected chi connectivity index (χ4v) is 1.84. The number of para-hydroxylation sites is 1. The highest BCUT2D eigenvalue weighted by atomic mass is 16.4. The molecule has 5 heteroatoms. The molecule has 2 atom stereocenters. The molecular formula is C15H22N2O3. The van der Waals surface area contributed by atoms with Crippen LogP contribution in [-0.4, -0.2) is 23.1 Å². The summed E-state index contributed by atoms with van der Waals surface area (Å²) in [5.41, 5.74) is 0.747. The van der Waals surface area contributed by atoms with Crippen LogP contribution in [-0.2, 0) is 4.79 Å². The molecule has 0 fully saturated rings. The van der Waals surface area contributed by atoms with Crippen molar-refractivity contribution in [1.82, 2.24) is 5.32 Å². The van der Waals surface area contributed by atoms with Crippen molar-refractivity contribution < 1.29 is 14.7 Å². The summed E-state index contributed by atoms with van der Waals surface area (Å²) in [6.45, 7) is 3.61. The highest BCUT2D eigenvalue weighted by molar-refractivity contribution is 5.89. The summed E-state index contributed by atoms with van der Waals surface area (Å²) in [4.78, 5) is 22.4. The minimum absolute atomic E-state index is 0.0136. The van der Waals surface area contributed by atoms with E-state index in [0.717, 1.165) is 18.5 Å². The number of carboxylic acid groups (broad SMARTS) is 1. The van der Waals surface area contributed by atoms with Gasteiger partial charge < -0.3 is 15.7 Å². The third kappa shape index (κ3) is 6.22. The van der Waals surface area contributed by atoms with Crippen LogP contribution in [0.1, 0.15) is 33.1 Å². The van der Waals surface area contributed by atoms with Crippen molar-refractivity contribution in [1.29, 1.82) is 0 Å². The summed E-state index contributed by atoms with van der Waals surface area (Å²) in [5, 5.41) is 14.4. The van der Waals surface area contributed by atoms with Crippen LogP contribution in [0, 0.1) is 5.92 Å². The normalized spacial score (nSPS) is 13.3. The van der Waals surface area contributed by atoms with E-state index in [1.54, 1.807) is 6.92 Å². The molecule has 1 rings (SSSR count). The SMILES string of the molecule is CC(CCCC(C)C(=O)O)NC(=O)Nc1ccccc1. The Balaban J connectivity index is 2.23. The Bertz CT molecular complexity index is 434. The van der Waals surface area contributed by atoms with E-state index in [1.807, 2.05) is 37.3 Å². The van der Waals surface area contributed by atoms with Gasteiger partial charge in [-0.2, -0.15) is 0 Å². The average Bonchev–Trinajstić information content (AvgIpc) is 2.39. The van der Waals surface area contributed by atoms with Crippen LogP contribution >= 0.6 is 0 Å². The van der Waals surface area contributed by atoms with Crippen LogP contribution in [0.4, 0.5) is 10.5 Å². The maximum atomic E-state index is 11.7. The number of benzene rings is 1. The molecule has 0 heterocycles. The van der Waals surface area contributed by atoms with Gasteiger partial charge in [0.05, 0.1) is 5.92 Å². The first-order chi connectivity index (χ1) is 9.49. The zero-order valence-electron chi connectivity index (χ0n) is 11.9. The second-order valence-corrected chi connectivity index (χ2v) is 5.04. The van der Waals surface area contributed by atoms with Gasteiger partial charge in [0.2, 0.25) is 0 Å². The number of anilines is 1. The lowest BCUT2D eigenvalue weighted by atomic mass is 10.0. The van der Waals surface area contributed by atoms with Crippen molar-refractivity contribution >= 4 is 17.7 Å². The Morgan fingerprint density at radius 1 is 1.15 bits per heavy atom. The topological polar surface area (TPSA) is 78.4 Å². The summed E-state index contributed by atoms with van der Waals surface area (Å²) in [6.07, 6.45) is 2.17. The molecule has 1 aromatic carbocycles. The molecule has 2 amide bonds. The van der Waals surface area contributed by atoms with Crippen molar-refractivity contribution in [3.8, 4) is 0 Å². The lowest BCUT2D eigenvalue weighted by Crippen LogP contribution is -2.36. The van der Waals surface area contributed by atoms with Crippen molar-refractivity contribution in [2.75, 3.05) is 5.32 Å². The lowest BCUT2D eigenvalue weighted by molar-refractivity contribution is -0.141. The maximum absolute atomic E-state index is 11.7.